The van der Waals surface area contributed by atoms with Crippen LogP contribution in [0.25, 0.3) is 0 Å². The average Bonchev–Trinajstić information content (AvgIpc) is 3.02. The van der Waals surface area contributed by atoms with Gasteiger partial charge < -0.3 is 10.1 Å². The van der Waals surface area contributed by atoms with Crippen LogP contribution >= 0.6 is 0 Å². The maximum absolute atomic E-state index is 5.45. The largest absolute Gasteiger partial charge is 0.478 e. The van der Waals surface area contributed by atoms with Gasteiger partial charge in [0.25, 0.3) is 0 Å². The normalized spacial score (nSPS) is 30.3. The first-order valence-corrected chi connectivity index (χ1v) is 7.62. The lowest BCUT2D eigenvalue weighted by molar-refractivity contribution is 0.303. The van der Waals surface area contributed by atoms with Gasteiger partial charge in [-0.15, -0.1) is 0 Å². The SMILES string of the molecule is CCOc1cccc(NC(C)C2CC3CCC2C3)n1. The van der Waals surface area contributed by atoms with Crippen LogP contribution in [0.2, 0.25) is 0 Å². The Labute approximate surface area is 115 Å². The number of anilines is 1. The topological polar surface area (TPSA) is 34.1 Å². The van der Waals surface area contributed by atoms with Crippen LogP contribution in [0.15, 0.2) is 18.2 Å². The van der Waals surface area contributed by atoms with Crippen molar-refractivity contribution in [3.63, 3.8) is 0 Å². The first kappa shape index (κ1) is 12.8. The summed E-state index contributed by atoms with van der Waals surface area (Å²) in [6, 6.07) is 6.47. The van der Waals surface area contributed by atoms with Gasteiger partial charge in [0.05, 0.1) is 6.61 Å². The minimum atomic E-state index is 0.514. The molecule has 0 aliphatic heterocycles. The quantitative estimate of drug-likeness (QED) is 0.876. The zero-order chi connectivity index (χ0) is 13.2. The molecule has 0 spiro atoms. The van der Waals surface area contributed by atoms with Crippen molar-refractivity contribution in [1.82, 2.24) is 4.98 Å². The highest BCUT2D eigenvalue weighted by Crippen LogP contribution is 2.49. The Morgan fingerprint density at radius 1 is 1.37 bits per heavy atom. The lowest BCUT2D eigenvalue weighted by Crippen LogP contribution is -2.30. The predicted octanol–water partition coefficient (Wildman–Crippen LogP) is 3.72. The maximum Gasteiger partial charge on any atom is 0.215 e. The van der Waals surface area contributed by atoms with Crippen molar-refractivity contribution in [2.45, 2.75) is 45.6 Å². The third-order valence-electron chi connectivity index (χ3n) is 4.83. The van der Waals surface area contributed by atoms with Gasteiger partial charge in [-0.1, -0.05) is 12.5 Å². The molecule has 0 saturated heterocycles. The van der Waals surface area contributed by atoms with E-state index < -0.39 is 0 Å². The first-order chi connectivity index (χ1) is 9.26. The molecule has 2 aliphatic carbocycles. The Hall–Kier alpha value is -1.25. The maximum atomic E-state index is 5.45. The van der Waals surface area contributed by atoms with Gasteiger partial charge in [-0.05, 0) is 56.9 Å². The molecule has 2 fully saturated rings. The van der Waals surface area contributed by atoms with Crippen LogP contribution in [-0.2, 0) is 0 Å². The van der Waals surface area contributed by atoms with Crippen molar-refractivity contribution in [3.8, 4) is 5.88 Å². The number of fused-ring (bicyclic) bond motifs is 2. The van der Waals surface area contributed by atoms with Crippen molar-refractivity contribution in [2.24, 2.45) is 17.8 Å². The molecule has 3 rings (SSSR count). The van der Waals surface area contributed by atoms with Gasteiger partial charge in [0.2, 0.25) is 5.88 Å². The van der Waals surface area contributed by atoms with Crippen LogP contribution in [0.1, 0.15) is 39.5 Å². The number of pyridine rings is 1. The molecule has 0 radical (unpaired) electrons. The fourth-order valence-electron chi connectivity index (χ4n) is 3.97. The zero-order valence-electron chi connectivity index (χ0n) is 11.9. The molecular weight excluding hydrogens is 236 g/mol. The summed E-state index contributed by atoms with van der Waals surface area (Å²) in [4.78, 5) is 4.50. The monoisotopic (exact) mass is 260 g/mol. The molecule has 2 aliphatic rings. The molecule has 0 amide bonds. The van der Waals surface area contributed by atoms with Crippen LogP contribution in [-0.4, -0.2) is 17.6 Å². The number of nitrogens with zero attached hydrogens (tertiary/aromatic N) is 1. The molecule has 3 heteroatoms. The molecule has 4 unspecified atom stereocenters. The fourth-order valence-corrected chi connectivity index (χ4v) is 3.97. The summed E-state index contributed by atoms with van der Waals surface area (Å²) in [6.07, 6.45) is 5.77. The summed E-state index contributed by atoms with van der Waals surface area (Å²) in [7, 11) is 0. The van der Waals surface area contributed by atoms with E-state index in [9.17, 15) is 0 Å². The number of hydrogen-bond donors (Lipinski definition) is 1. The van der Waals surface area contributed by atoms with Crippen molar-refractivity contribution in [1.29, 1.82) is 0 Å². The molecule has 1 aromatic heterocycles. The molecule has 19 heavy (non-hydrogen) atoms. The van der Waals surface area contributed by atoms with Crippen LogP contribution in [0, 0.1) is 17.8 Å². The lowest BCUT2D eigenvalue weighted by Gasteiger charge is -2.28. The van der Waals surface area contributed by atoms with Crippen LogP contribution in [0.4, 0.5) is 5.82 Å². The van der Waals surface area contributed by atoms with Gasteiger partial charge in [0, 0.05) is 12.1 Å². The third-order valence-corrected chi connectivity index (χ3v) is 4.83. The summed E-state index contributed by atoms with van der Waals surface area (Å²) in [5, 5.41) is 3.58. The Bertz CT molecular complexity index is 435. The summed E-state index contributed by atoms with van der Waals surface area (Å²) < 4.78 is 5.45. The number of nitrogens with one attached hydrogen (secondary N) is 1. The fraction of sp³-hybridized carbons (Fsp3) is 0.688. The minimum Gasteiger partial charge on any atom is -0.478 e. The van der Waals surface area contributed by atoms with Crippen LogP contribution in [0.5, 0.6) is 5.88 Å². The van der Waals surface area contributed by atoms with Crippen LogP contribution in [0.3, 0.4) is 0 Å². The number of rotatable bonds is 5. The lowest BCUT2D eigenvalue weighted by atomic mass is 9.84. The Morgan fingerprint density at radius 3 is 2.95 bits per heavy atom. The van der Waals surface area contributed by atoms with Gasteiger partial charge in [0.1, 0.15) is 5.82 Å². The third kappa shape index (κ3) is 2.70. The van der Waals surface area contributed by atoms with E-state index in [0.29, 0.717) is 18.5 Å². The van der Waals surface area contributed by atoms with Crippen molar-refractivity contribution in [2.75, 3.05) is 11.9 Å². The molecule has 0 aromatic carbocycles. The smallest absolute Gasteiger partial charge is 0.215 e. The standard InChI is InChI=1S/C16H24N2O/c1-3-19-16-6-4-5-15(18-16)17-11(2)14-10-12-7-8-13(14)9-12/h4-6,11-14H,3,7-10H2,1-2H3,(H,17,18). The molecule has 2 saturated carbocycles. The zero-order valence-corrected chi connectivity index (χ0v) is 11.9. The summed E-state index contributed by atoms with van der Waals surface area (Å²) >= 11 is 0. The van der Waals surface area contributed by atoms with E-state index in [1.54, 1.807) is 0 Å². The van der Waals surface area contributed by atoms with E-state index in [2.05, 4.69) is 17.2 Å². The molecular formula is C16H24N2O. The van der Waals surface area contributed by atoms with E-state index in [-0.39, 0.29) is 0 Å². The van der Waals surface area contributed by atoms with E-state index >= 15 is 0 Å². The average molecular weight is 260 g/mol. The van der Waals surface area contributed by atoms with Gasteiger partial charge in [0.15, 0.2) is 0 Å². The van der Waals surface area contributed by atoms with Gasteiger partial charge >= 0.3 is 0 Å². The highest BCUT2D eigenvalue weighted by molar-refractivity contribution is 5.38. The summed E-state index contributed by atoms with van der Waals surface area (Å²) in [5.74, 6) is 4.44. The highest BCUT2D eigenvalue weighted by atomic mass is 16.5. The second-order valence-corrected chi connectivity index (χ2v) is 6.07. The second kappa shape index (κ2) is 5.40. The van der Waals surface area contributed by atoms with Crippen molar-refractivity contribution in [3.05, 3.63) is 18.2 Å². The van der Waals surface area contributed by atoms with Crippen LogP contribution < -0.4 is 10.1 Å². The van der Waals surface area contributed by atoms with Gasteiger partial charge in [-0.2, -0.15) is 4.98 Å². The van der Waals surface area contributed by atoms with Gasteiger partial charge in [-0.25, -0.2) is 0 Å². The molecule has 1 aromatic rings. The highest BCUT2D eigenvalue weighted by Gasteiger charge is 2.41. The Balaban J connectivity index is 1.62. The number of hydrogen-bond acceptors (Lipinski definition) is 3. The minimum absolute atomic E-state index is 0.514. The summed E-state index contributed by atoms with van der Waals surface area (Å²) in [6.45, 7) is 4.96. The predicted molar refractivity (Wildman–Crippen MR) is 77.4 cm³/mol. The Morgan fingerprint density at radius 2 is 2.26 bits per heavy atom. The van der Waals surface area contributed by atoms with Crippen molar-refractivity contribution >= 4 is 5.82 Å². The second-order valence-electron chi connectivity index (χ2n) is 6.07. The van der Waals surface area contributed by atoms with E-state index in [4.69, 9.17) is 4.74 Å². The molecule has 104 valence electrons. The summed E-state index contributed by atoms with van der Waals surface area (Å²) in [5.41, 5.74) is 0. The number of aromatic nitrogens is 1. The van der Waals surface area contributed by atoms with E-state index in [1.807, 2.05) is 25.1 Å². The molecule has 1 heterocycles. The molecule has 4 atom stereocenters. The first-order valence-electron chi connectivity index (χ1n) is 7.62. The Kier molecular flexibility index (Phi) is 3.63. The number of ether oxygens (including phenoxy) is 1. The molecule has 1 N–H and O–H groups in total. The molecule has 2 bridgehead atoms. The van der Waals surface area contributed by atoms with Gasteiger partial charge in [-0.3, -0.25) is 0 Å². The van der Waals surface area contributed by atoms with E-state index in [0.717, 1.165) is 23.6 Å². The van der Waals surface area contributed by atoms with Crippen molar-refractivity contribution < 1.29 is 4.74 Å². The molecule has 3 nitrogen and oxygen atoms in total. The van der Waals surface area contributed by atoms with E-state index in [1.165, 1.54) is 25.7 Å².